The summed E-state index contributed by atoms with van der Waals surface area (Å²) in [5, 5.41) is 2.66. The number of hydrogen-bond acceptors (Lipinski definition) is 4. The minimum absolute atomic E-state index is 0.0529. The molecule has 0 radical (unpaired) electrons. The molecule has 0 spiro atoms. The molecule has 0 aromatic heterocycles. The summed E-state index contributed by atoms with van der Waals surface area (Å²) < 4.78 is 22.9. The van der Waals surface area contributed by atoms with Crippen LogP contribution in [0.5, 0.6) is 0 Å². The average molecular weight is 241 g/mol. The maximum absolute atomic E-state index is 11.4. The van der Waals surface area contributed by atoms with Crippen LogP contribution in [0.15, 0.2) is 23.1 Å². The molecule has 0 fully saturated rings. The highest BCUT2D eigenvalue weighted by Crippen LogP contribution is 2.33. The fourth-order valence-corrected chi connectivity index (χ4v) is 2.30. The number of sulfonamides is 1. The molecule has 0 saturated carbocycles. The first-order valence-electron chi connectivity index (χ1n) is 4.63. The van der Waals surface area contributed by atoms with E-state index in [9.17, 15) is 13.2 Å². The summed E-state index contributed by atoms with van der Waals surface area (Å²) in [6, 6.07) is 4.40. The summed E-state index contributed by atoms with van der Waals surface area (Å²) >= 11 is 0. The molecule has 1 aliphatic rings. The second kappa shape index (κ2) is 3.55. The van der Waals surface area contributed by atoms with Gasteiger partial charge in [-0.15, -0.1) is 0 Å². The van der Waals surface area contributed by atoms with Crippen molar-refractivity contribution in [1.82, 2.24) is 4.83 Å². The van der Waals surface area contributed by atoms with E-state index in [1.54, 1.807) is 17.8 Å². The lowest BCUT2D eigenvalue weighted by Gasteiger charge is -2.05. The summed E-state index contributed by atoms with van der Waals surface area (Å²) in [7, 11) is -3.67. The second-order valence-electron chi connectivity index (χ2n) is 3.58. The van der Waals surface area contributed by atoms with Gasteiger partial charge in [-0.05, 0) is 30.7 Å². The predicted molar refractivity (Wildman–Crippen MR) is 58.0 cm³/mol. The van der Waals surface area contributed by atoms with E-state index >= 15 is 0 Å². The zero-order chi connectivity index (χ0) is 11.9. The Balaban J connectivity index is 2.54. The van der Waals surface area contributed by atoms with Crippen LogP contribution in [-0.2, 0) is 14.8 Å². The Morgan fingerprint density at radius 3 is 2.75 bits per heavy atom. The molecule has 1 heterocycles. The number of nitrogens with one attached hydrogen (secondary N) is 2. The molecule has 7 heteroatoms. The molecule has 1 aromatic rings. The topological polar surface area (TPSA) is 101 Å². The van der Waals surface area contributed by atoms with Gasteiger partial charge in [0.05, 0.1) is 10.8 Å². The standard InChI is InChI=1S/C9H11N3O3S/c1-5-7-4-6(16(14,15)12-10)2-3-8(7)11-9(5)13/h2-5,12H,10H2,1H3,(H,11,13). The van der Waals surface area contributed by atoms with E-state index in [1.807, 2.05) is 0 Å². The lowest BCUT2D eigenvalue weighted by Crippen LogP contribution is -2.30. The summed E-state index contributed by atoms with van der Waals surface area (Å²) in [6.45, 7) is 1.72. The molecule has 1 aromatic carbocycles. The van der Waals surface area contributed by atoms with Crippen molar-refractivity contribution in [3.8, 4) is 0 Å². The predicted octanol–water partition coefficient (Wildman–Crippen LogP) is -0.106. The minimum atomic E-state index is -3.67. The van der Waals surface area contributed by atoms with E-state index in [-0.39, 0.29) is 16.7 Å². The molecule has 1 aliphatic heterocycles. The van der Waals surface area contributed by atoms with Crippen molar-refractivity contribution in [1.29, 1.82) is 0 Å². The largest absolute Gasteiger partial charge is 0.325 e. The fraction of sp³-hybridized carbons (Fsp3) is 0.222. The molecule has 0 bridgehead atoms. The molecular formula is C9H11N3O3S. The third-order valence-corrected chi connectivity index (χ3v) is 3.79. The highest BCUT2D eigenvalue weighted by molar-refractivity contribution is 7.89. The van der Waals surface area contributed by atoms with Crippen molar-refractivity contribution in [3.63, 3.8) is 0 Å². The molecule has 6 nitrogen and oxygen atoms in total. The van der Waals surface area contributed by atoms with Gasteiger partial charge < -0.3 is 5.32 Å². The van der Waals surface area contributed by atoms with Gasteiger partial charge in [-0.2, -0.15) is 4.83 Å². The average Bonchev–Trinajstić information content (AvgIpc) is 2.55. The van der Waals surface area contributed by atoms with E-state index < -0.39 is 10.0 Å². The molecule has 0 aliphatic carbocycles. The SMILES string of the molecule is CC1C(=O)Nc2ccc(S(=O)(=O)NN)cc21. The van der Waals surface area contributed by atoms with E-state index in [4.69, 9.17) is 5.84 Å². The van der Waals surface area contributed by atoms with E-state index in [1.165, 1.54) is 12.1 Å². The molecule has 1 unspecified atom stereocenters. The third kappa shape index (κ3) is 1.58. The van der Waals surface area contributed by atoms with Crippen molar-refractivity contribution in [2.45, 2.75) is 17.7 Å². The van der Waals surface area contributed by atoms with Gasteiger partial charge in [-0.3, -0.25) is 10.6 Å². The summed E-state index contributed by atoms with van der Waals surface area (Å²) in [6.07, 6.45) is 0. The van der Waals surface area contributed by atoms with Gasteiger partial charge in [0.1, 0.15) is 0 Å². The molecule has 86 valence electrons. The Morgan fingerprint density at radius 2 is 2.12 bits per heavy atom. The number of amides is 1. The number of carbonyl (C=O) groups excluding carboxylic acids is 1. The van der Waals surface area contributed by atoms with Gasteiger partial charge in [-0.1, -0.05) is 0 Å². The molecule has 0 saturated heterocycles. The van der Waals surface area contributed by atoms with E-state index in [0.29, 0.717) is 11.3 Å². The van der Waals surface area contributed by atoms with Crippen LogP contribution in [0.3, 0.4) is 0 Å². The quantitative estimate of drug-likeness (QED) is 0.497. The van der Waals surface area contributed by atoms with Crippen LogP contribution in [0, 0.1) is 0 Å². The van der Waals surface area contributed by atoms with Gasteiger partial charge in [0, 0.05) is 5.69 Å². The number of fused-ring (bicyclic) bond motifs is 1. The number of rotatable bonds is 2. The van der Waals surface area contributed by atoms with Gasteiger partial charge in [0.15, 0.2) is 0 Å². The van der Waals surface area contributed by atoms with E-state index in [2.05, 4.69) is 5.32 Å². The number of hydrogen-bond donors (Lipinski definition) is 3. The maximum atomic E-state index is 11.4. The summed E-state index contributed by atoms with van der Waals surface area (Å²) in [5.74, 6) is 4.45. The van der Waals surface area contributed by atoms with Crippen molar-refractivity contribution in [2.24, 2.45) is 5.84 Å². The lowest BCUT2D eigenvalue weighted by atomic mass is 10.0. The van der Waals surface area contributed by atoms with Gasteiger partial charge in [0.25, 0.3) is 10.0 Å². The first-order chi connectivity index (χ1) is 7.45. The summed E-state index contributed by atoms with van der Waals surface area (Å²) in [4.78, 5) is 13.2. The van der Waals surface area contributed by atoms with Crippen LogP contribution >= 0.6 is 0 Å². The van der Waals surface area contributed by atoms with Crippen LogP contribution < -0.4 is 16.0 Å². The number of carbonyl (C=O) groups is 1. The molecule has 4 N–H and O–H groups in total. The van der Waals surface area contributed by atoms with Crippen molar-refractivity contribution < 1.29 is 13.2 Å². The number of benzene rings is 1. The lowest BCUT2D eigenvalue weighted by molar-refractivity contribution is -0.116. The monoisotopic (exact) mass is 241 g/mol. The molecule has 1 amide bonds. The molecule has 2 rings (SSSR count). The molecular weight excluding hydrogens is 230 g/mol. The Bertz CT molecular complexity index is 553. The van der Waals surface area contributed by atoms with E-state index in [0.717, 1.165) is 0 Å². The van der Waals surface area contributed by atoms with Crippen LogP contribution in [-0.4, -0.2) is 14.3 Å². The van der Waals surface area contributed by atoms with Crippen molar-refractivity contribution in [3.05, 3.63) is 23.8 Å². The van der Waals surface area contributed by atoms with Gasteiger partial charge in [-0.25, -0.2) is 8.42 Å². The van der Waals surface area contributed by atoms with Crippen LogP contribution in [0.25, 0.3) is 0 Å². The van der Waals surface area contributed by atoms with Crippen molar-refractivity contribution >= 4 is 21.6 Å². The van der Waals surface area contributed by atoms with Crippen molar-refractivity contribution in [2.75, 3.05) is 5.32 Å². The number of anilines is 1. The minimum Gasteiger partial charge on any atom is -0.325 e. The maximum Gasteiger partial charge on any atom is 0.253 e. The highest BCUT2D eigenvalue weighted by Gasteiger charge is 2.28. The zero-order valence-corrected chi connectivity index (χ0v) is 9.34. The molecule has 1 atom stereocenters. The third-order valence-electron chi connectivity index (χ3n) is 2.61. The van der Waals surface area contributed by atoms with Crippen LogP contribution in [0.4, 0.5) is 5.69 Å². The van der Waals surface area contributed by atoms with Gasteiger partial charge >= 0.3 is 0 Å². The number of hydrazine groups is 1. The summed E-state index contributed by atoms with van der Waals surface area (Å²) in [5.41, 5.74) is 1.31. The first-order valence-corrected chi connectivity index (χ1v) is 6.11. The Kier molecular flexibility index (Phi) is 2.45. The smallest absolute Gasteiger partial charge is 0.253 e. The zero-order valence-electron chi connectivity index (χ0n) is 8.52. The van der Waals surface area contributed by atoms with Crippen LogP contribution in [0.2, 0.25) is 0 Å². The number of nitrogens with two attached hydrogens (primary N) is 1. The highest BCUT2D eigenvalue weighted by atomic mass is 32.2. The Hall–Kier alpha value is -1.44. The van der Waals surface area contributed by atoms with Gasteiger partial charge in [0.2, 0.25) is 5.91 Å². The Labute approximate surface area is 92.9 Å². The fourth-order valence-electron chi connectivity index (χ4n) is 1.63. The second-order valence-corrected chi connectivity index (χ2v) is 5.30. The molecule has 16 heavy (non-hydrogen) atoms. The first kappa shape index (κ1) is 11.1. The Morgan fingerprint density at radius 1 is 1.44 bits per heavy atom. The van der Waals surface area contributed by atoms with Crippen LogP contribution in [0.1, 0.15) is 18.4 Å². The normalized spacial score (nSPS) is 19.4.